The van der Waals surface area contributed by atoms with Gasteiger partial charge in [-0.05, 0) is 24.7 Å². The van der Waals surface area contributed by atoms with E-state index in [9.17, 15) is 15.0 Å². The summed E-state index contributed by atoms with van der Waals surface area (Å²) in [5.74, 6) is -0.289. The van der Waals surface area contributed by atoms with Crippen molar-refractivity contribution in [3.63, 3.8) is 0 Å². The lowest BCUT2D eigenvalue weighted by molar-refractivity contribution is -0.120. The van der Waals surface area contributed by atoms with E-state index in [4.69, 9.17) is 4.74 Å². The second-order valence-corrected chi connectivity index (χ2v) is 8.40. The first-order valence-electron chi connectivity index (χ1n) is 11.0. The third-order valence-corrected chi connectivity index (χ3v) is 5.59. The lowest BCUT2D eigenvalue weighted by Crippen LogP contribution is -2.35. The molecule has 1 fully saturated rings. The van der Waals surface area contributed by atoms with Crippen molar-refractivity contribution in [2.24, 2.45) is 0 Å². The Balaban J connectivity index is 1.28. The zero-order valence-electron chi connectivity index (χ0n) is 18.5. The molecule has 0 radical (unpaired) electrons. The second-order valence-electron chi connectivity index (χ2n) is 8.40. The summed E-state index contributed by atoms with van der Waals surface area (Å²) >= 11 is 0. The van der Waals surface area contributed by atoms with Crippen LogP contribution >= 0.6 is 0 Å². The number of para-hydroxylation sites is 1. The Labute approximate surface area is 192 Å². The van der Waals surface area contributed by atoms with Crippen LogP contribution in [-0.4, -0.2) is 67.5 Å². The van der Waals surface area contributed by atoms with Crippen LogP contribution in [0.3, 0.4) is 0 Å². The van der Waals surface area contributed by atoms with Crippen molar-refractivity contribution >= 4 is 11.6 Å². The molecule has 3 aromatic rings. The number of nitrogens with zero attached hydrogens (tertiary/aromatic N) is 4. The van der Waals surface area contributed by atoms with Crippen LogP contribution in [0.5, 0.6) is 0 Å². The normalized spacial score (nSPS) is 22.5. The summed E-state index contributed by atoms with van der Waals surface area (Å²) in [4.78, 5) is 14.4. The van der Waals surface area contributed by atoms with E-state index in [2.05, 4.69) is 32.7 Å². The number of aliphatic hydroxyl groups is 2. The number of anilines is 1. The molecule has 2 heterocycles. The molecular formula is C24H29N5O4. The molecule has 9 heteroatoms. The topological polar surface area (TPSA) is 113 Å². The van der Waals surface area contributed by atoms with E-state index in [0.29, 0.717) is 12.2 Å². The molecule has 0 spiro atoms. The Kier molecular flexibility index (Phi) is 7.46. The maximum absolute atomic E-state index is 12.3. The van der Waals surface area contributed by atoms with Crippen LogP contribution in [0, 0.1) is 0 Å². The standard InChI is InChI=1S/C24H29N5O4/c1-28(13-17-8-4-2-5-9-17)14-19-15-29(27-26-19)16-21-24(32)23(31)20(33-21)12-22(30)25-18-10-6-3-7-11-18/h2-11,15,20-21,23-24,31-32H,12-14,16H2,1H3,(H,25,30). The fourth-order valence-corrected chi connectivity index (χ4v) is 3.97. The molecule has 2 aromatic carbocycles. The average Bonchev–Trinajstić information content (AvgIpc) is 3.34. The molecule has 33 heavy (non-hydrogen) atoms. The van der Waals surface area contributed by atoms with Crippen LogP contribution in [0.2, 0.25) is 0 Å². The molecular weight excluding hydrogens is 422 g/mol. The van der Waals surface area contributed by atoms with Gasteiger partial charge in [0.1, 0.15) is 18.3 Å². The van der Waals surface area contributed by atoms with Gasteiger partial charge in [-0.2, -0.15) is 0 Å². The van der Waals surface area contributed by atoms with Crippen molar-refractivity contribution in [2.45, 2.75) is 50.5 Å². The number of rotatable bonds is 9. The molecule has 1 aliphatic heterocycles. The van der Waals surface area contributed by atoms with E-state index >= 15 is 0 Å². The molecule has 1 saturated heterocycles. The minimum absolute atomic E-state index is 0.0590. The van der Waals surface area contributed by atoms with Crippen molar-refractivity contribution in [3.05, 3.63) is 78.1 Å². The van der Waals surface area contributed by atoms with Crippen LogP contribution in [0.25, 0.3) is 0 Å². The summed E-state index contributed by atoms with van der Waals surface area (Å²) in [6, 6.07) is 19.2. The molecule has 1 amide bonds. The van der Waals surface area contributed by atoms with Crippen molar-refractivity contribution in [1.82, 2.24) is 19.9 Å². The molecule has 3 N–H and O–H groups in total. The van der Waals surface area contributed by atoms with Crippen molar-refractivity contribution in [3.8, 4) is 0 Å². The molecule has 4 unspecified atom stereocenters. The maximum Gasteiger partial charge on any atom is 0.227 e. The number of aliphatic hydroxyl groups excluding tert-OH is 2. The number of aromatic nitrogens is 3. The molecule has 0 aliphatic carbocycles. The highest BCUT2D eigenvalue weighted by atomic mass is 16.5. The number of amides is 1. The van der Waals surface area contributed by atoms with Gasteiger partial charge in [-0.1, -0.05) is 53.7 Å². The Hall–Kier alpha value is -3.11. The minimum atomic E-state index is -1.16. The zero-order chi connectivity index (χ0) is 23.2. The van der Waals surface area contributed by atoms with Crippen molar-refractivity contribution in [2.75, 3.05) is 12.4 Å². The van der Waals surface area contributed by atoms with E-state index in [-0.39, 0.29) is 18.9 Å². The first-order valence-corrected chi connectivity index (χ1v) is 11.0. The summed E-state index contributed by atoms with van der Waals surface area (Å²) in [7, 11) is 2.01. The lowest BCUT2D eigenvalue weighted by atomic mass is 10.1. The van der Waals surface area contributed by atoms with Gasteiger partial charge in [-0.15, -0.1) is 5.10 Å². The second kappa shape index (κ2) is 10.7. The van der Waals surface area contributed by atoms with Crippen LogP contribution < -0.4 is 5.32 Å². The fraction of sp³-hybridized carbons (Fsp3) is 0.375. The Morgan fingerprint density at radius 1 is 1.03 bits per heavy atom. The Morgan fingerprint density at radius 3 is 2.42 bits per heavy atom. The van der Waals surface area contributed by atoms with Gasteiger partial charge in [-0.3, -0.25) is 9.69 Å². The zero-order valence-corrected chi connectivity index (χ0v) is 18.5. The Bertz CT molecular complexity index is 1030. The van der Waals surface area contributed by atoms with Gasteiger partial charge in [0, 0.05) is 25.0 Å². The van der Waals surface area contributed by atoms with Gasteiger partial charge >= 0.3 is 0 Å². The van der Waals surface area contributed by atoms with Crippen molar-refractivity contribution in [1.29, 1.82) is 0 Å². The fourth-order valence-electron chi connectivity index (χ4n) is 3.97. The van der Waals surface area contributed by atoms with Gasteiger partial charge in [0.2, 0.25) is 5.91 Å². The van der Waals surface area contributed by atoms with E-state index in [1.807, 2.05) is 43.4 Å². The molecule has 1 aliphatic rings. The lowest BCUT2D eigenvalue weighted by Gasteiger charge is -2.15. The minimum Gasteiger partial charge on any atom is -0.388 e. The third kappa shape index (κ3) is 6.23. The number of benzene rings is 2. The smallest absolute Gasteiger partial charge is 0.227 e. The van der Waals surface area contributed by atoms with Gasteiger partial charge < -0.3 is 20.3 Å². The van der Waals surface area contributed by atoms with E-state index in [0.717, 1.165) is 12.2 Å². The molecule has 0 saturated carbocycles. The van der Waals surface area contributed by atoms with E-state index in [1.165, 1.54) is 5.56 Å². The summed E-state index contributed by atoms with van der Waals surface area (Å²) in [6.07, 6.45) is -2.01. The summed E-state index contributed by atoms with van der Waals surface area (Å²) in [6.45, 7) is 1.63. The highest BCUT2D eigenvalue weighted by Gasteiger charge is 2.43. The van der Waals surface area contributed by atoms with Gasteiger partial charge in [-0.25, -0.2) is 4.68 Å². The molecule has 9 nitrogen and oxygen atoms in total. The predicted molar refractivity (Wildman–Crippen MR) is 122 cm³/mol. The monoisotopic (exact) mass is 451 g/mol. The number of hydrogen-bond acceptors (Lipinski definition) is 7. The summed E-state index contributed by atoms with van der Waals surface area (Å²) in [5, 5.41) is 31.9. The SMILES string of the molecule is CN(Cc1ccccc1)Cc1cn(CC2OC(CC(=O)Nc3ccccc3)C(O)C2O)nn1. The molecule has 4 rings (SSSR count). The first kappa shape index (κ1) is 23.1. The average molecular weight is 452 g/mol. The van der Waals surface area contributed by atoms with E-state index < -0.39 is 24.4 Å². The summed E-state index contributed by atoms with van der Waals surface area (Å²) in [5.41, 5.74) is 2.67. The van der Waals surface area contributed by atoms with Crippen LogP contribution in [-0.2, 0) is 29.2 Å². The van der Waals surface area contributed by atoms with Gasteiger partial charge in [0.25, 0.3) is 0 Å². The molecule has 4 atom stereocenters. The van der Waals surface area contributed by atoms with Crippen LogP contribution in [0.1, 0.15) is 17.7 Å². The van der Waals surface area contributed by atoms with Crippen LogP contribution in [0.15, 0.2) is 66.9 Å². The van der Waals surface area contributed by atoms with Gasteiger partial charge in [0.05, 0.1) is 24.8 Å². The first-order chi connectivity index (χ1) is 16.0. The Morgan fingerprint density at radius 2 is 1.70 bits per heavy atom. The number of hydrogen-bond donors (Lipinski definition) is 3. The highest BCUT2D eigenvalue weighted by Crippen LogP contribution is 2.25. The largest absolute Gasteiger partial charge is 0.388 e. The van der Waals surface area contributed by atoms with E-state index in [1.54, 1.807) is 23.0 Å². The number of carbonyl (C=O) groups excluding carboxylic acids is 1. The quantitative estimate of drug-likeness (QED) is 0.451. The van der Waals surface area contributed by atoms with Gasteiger partial charge in [0.15, 0.2) is 0 Å². The number of ether oxygens (including phenoxy) is 1. The molecule has 0 bridgehead atoms. The molecule has 174 valence electrons. The number of carbonyl (C=O) groups is 1. The predicted octanol–water partition coefficient (Wildman–Crippen LogP) is 1.43. The molecule has 1 aromatic heterocycles. The summed E-state index contributed by atoms with van der Waals surface area (Å²) < 4.78 is 7.40. The third-order valence-electron chi connectivity index (χ3n) is 5.59. The number of nitrogens with one attached hydrogen (secondary N) is 1. The maximum atomic E-state index is 12.3. The van der Waals surface area contributed by atoms with Crippen molar-refractivity contribution < 1.29 is 19.7 Å². The van der Waals surface area contributed by atoms with Crippen LogP contribution in [0.4, 0.5) is 5.69 Å². The highest BCUT2D eigenvalue weighted by molar-refractivity contribution is 5.91.